The number of carbonyl (C=O) groups is 1. The Morgan fingerprint density at radius 2 is 2.20 bits per heavy atom. The van der Waals surface area contributed by atoms with Crippen LogP contribution < -0.4 is 5.32 Å². The van der Waals surface area contributed by atoms with Gasteiger partial charge < -0.3 is 10.4 Å². The molecule has 2 N–H and O–H groups in total. The van der Waals surface area contributed by atoms with Crippen LogP contribution in [0.25, 0.3) is 0 Å². The van der Waals surface area contributed by atoms with Gasteiger partial charge in [0.05, 0.1) is 30.2 Å². The van der Waals surface area contributed by atoms with E-state index in [-0.39, 0.29) is 18.6 Å². The van der Waals surface area contributed by atoms with Gasteiger partial charge in [0.2, 0.25) is 5.91 Å². The second-order valence-electron chi connectivity index (χ2n) is 5.70. The van der Waals surface area contributed by atoms with Gasteiger partial charge in [0.15, 0.2) is 0 Å². The summed E-state index contributed by atoms with van der Waals surface area (Å²) in [6.07, 6.45) is 1.03. The zero-order chi connectivity index (χ0) is 14.9. The molecule has 2 rings (SSSR count). The lowest BCUT2D eigenvalue weighted by molar-refractivity contribution is -0.117. The van der Waals surface area contributed by atoms with Gasteiger partial charge in [0, 0.05) is 13.1 Å². The fraction of sp³-hybridized carbons (Fsp3) is 0.714. The largest absolute Gasteiger partial charge is 0.395 e. The van der Waals surface area contributed by atoms with E-state index in [1.165, 1.54) is 0 Å². The van der Waals surface area contributed by atoms with Crippen molar-refractivity contribution in [2.45, 2.75) is 33.2 Å². The molecule has 0 radical (unpaired) electrons. The molecule has 1 aromatic rings. The Bertz CT molecular complexity index is 498. The number of aromatic nitrogens is 2. The first-order valence-corrected chi connectivity index (χ1v) is 7.09. The smallest absolute Gasteiger partial charge is 0.238 e. The predicted molar refractivity (Wildman–Crippen MR) is 77.5 cm³/mol. The third-order valence-corrected chi connectivity index (χ3v) is 4.30. The topological polar surface area (TPSA) is 70.4 Å². The Morgan fingerprint density at radius 1 is 1.50 bits per heavy atom. The van der Waals surface area contributed by atoms with Crippen LogP contribution in [0.15, 0.2) is 0 Å². The molecular formula is C14H24N4O2. The molecule has 2 unspecified atom stereocenters. The molecular weight excluding hydrogens is 256 g/mol. The van der Waals surface area contributed by atoms with Gasteiger partial charge in [-0.2, -0.15) is 5.10 Å². The summed E-state index contributed by atoms with van der Waals surface area (Å²) in [6.45, 7) is 7.24. The van der Waals surface area contributed by atoms with Gasteiger partial charge in [-0.05, 0) is 32.7 Å². The molecule has 1 amide bonds. The maximum Gasteiger partial charge on any atom is 0.238 e. The number of hydrogen-bond donors (Lipinski definition) is 2. The molecule has 2 atom stereocenters. The molecule has 20 heavy (non-hydrogen) atoms. The van der Waals surface area contributed by atoms with Gasteiger partial charge in [-0.25, -0.2) is 0 Å². The lowest BCUT2D eigenvalue weighted by Gasteiger charge is -2.24. The Morgan fingerprint density at radius 3 is 2.75 bits per heavy atom. The van der Waals surface area contributed by atoms with Crippen molar-refractivity contribution in [1.29, 1.82) is 0 Å². The fourth-order valence-electron chi connectivity index (χ4n) is 2.90. The number of aliphatic hydroxyl groups is 1. The van der Waals surface area contributed by atoms with Gasteiger partial charge in [-0.3, -0.25) is 14.4 Å². The highest BCUT2D eigenvalue weighted by molar-refractivity contribution is 5.93. The van der Waals surface area contributed by atoms with Gasteiger partial charge >= 0.3 is 0 Å². The summed E-state index contributed by atoms with van der Waals surface area (Å²) >= 11 is 0. The summed E-state index contributed by atoms with van der Waals surface area (Å²) in [4.78, 5) is 14.2. The molecule has 2 heterocycles. The van der Waals surface area contributed by atoms with Gasteiger partial charge in [-0.1, -0.05) is 6.92 Å². The van der Waals surface area contributed by atoms with Gasteiger partial charge in [0.25, 0.3) is 0 Å². The maximum atomic E-state index is 12.2. The van der Waals surface area contributed by atoms with Crippen molar-refractivity contribution >= 4 is 11.6 Å². The molecule has 0 aromatic carbocycles. The zero-order valence-electron chi connectivity index (χ0n) is 12.7. The summed E-state index contributed by atoms with van der Waals surface area (Å²) in [6, 6.07) is 0.0943. The minimum Gasteiger partial charge on any atom is -0.395 e. The van der Waals surface area contributed by atoms with Gasteiger partial charge in [-0.15, -0.1) is 0 Å². The van der Waals surface area contributed by atoms with Crippen LogP contribution in [-0.2, 0) is 11.8 Å². The van der Waals surface area contributed by atoms with Crippen LogP contribution in [-0.4, -0.2) is 51.4 Å². The van der Waals surface area contributed by atoms with E-state index in [4.69, 9.17) is 0 Å². The second-order valence-corrected chi connectivity index (χ2v) is 5.70. The van der Waals surface area contributed by atoms with Crippen LogP contribution in [0.4, 0.5) is 5.69 Å². The number of likely N-dealkylation sites (tertiary alicyclic amines) is 1. The first-order valence-electron chi connectivity index (χ1n) is 7.09. The molecule has 6 nitrogen and oxygen atoms in total. The number of nitrogens with zero attached hydrogens (tertiary/aromatic N) is 3. The minimum atomic E-state index is -0.0447. The van der Waals surface area contributed by atoms with E-state index < -0.39 is 0 Å². The number of carbonyl (C=O) groups excluding carboxylic acids is 1. The number of hydrogen-bond acceptors (Lipinski definition) is 4. The van der Waals surface area contributed by atoms with Crippen molar-refractivity contribution < 1.29 is 9.90 Å². The van der Waals surface area contributed by atoms with Gasteiger partial charge in [0.1, 0.15) is 0 Å². The van der Waals surface area contributed by atoms with E-state index in [2.05, 4.69) is 22.2 Å². The standard InChI is InChI=1S/C14H24N4O2/c1-9-5-6-18(12(9)8-19)7-13(20)15-14-10(2)16-17(4)11(14)3/h9,12,19H,5-8H2,1-4H3,(H,15,20). The van der Waals surface area contributed by atoms with Crippen LogP contribution in [0.3, 0.4) is 0 Å². The van der Waals surface area contributed by atoms with E-state index in [0.717, 1.165) is 30.0 Å². The zero-order valence-corrected chi connectivity index (χ0v) is 12.7. The Kier molecular flexibility index (Phi) is 4.45. The average Bonchev–Trinajstić information content (AvgIpc) is 2.85. The summed E-state index contributed by atoms with van der Waals surface area (Å²) in [5, 5.41) is 16.6. The molecule has 1 aliphatic heterocycles. The number of rotatable bonds is 4. The molecule has 6 heteroatoms. The third-order valence-electron chi connectivity index (χ3n) is 4.30. The molecule has 0 bridgehead atoms. The summed E-state index contributed by atoms with van der Waals surface area (Å²) in [5.41, 5.74) is 2.57. The number of nitrogens with one attached hydrogen (secondary N) is 1. The van der Waals surface area contributed by atoms with E-state index >= 15 is 0 Å². The van der Waals surface area contributed by atoms with Crippen molar-refractivity contribution in [3.8, 4) is 0 Å². The molecule has 1 aliphatic rings. The Hall–Kier alpha value is -1.40. The lowest BCUT2D eigenvalue weighted by Crippen LogP contribution is -2.40. The number of aryl methyl sites for hydroxylation is 2. The molecule has 112 valence electrons. The Balaban J connectivity index is 1.99. The molecule has 0 aliphatic carbocycles. The predicted octanol–water partition coefficient (Wildman–Crippen LogP) is 0.678. The lowest BCUT2D eigenvalue weighted by atomic mass is 10.0. The van der Waals surface area contributed by atoms with Crippen molar-refractivity contribution in [2.24, 2.45) is 13.0 Å². The third kappa shape index (κ3) is 2.86. The number of amides is 1. The van der Waals surface area contributed by atoms with Crippen LogP contribution in [0.1, 0.15) is 24.7 Å². The van der Waals surface area contributed by atoms with Crippen LogP contribution in [0.2, 0.25) is 0 Å². The number of aliphatic hydroxyl groups excluding tert-OH is 1. The van der Waals surface area contributed by atoms with E-state index in [9.17, 15) is 9.90 Å². The fourth-order valence-corrected chi connectivity index (χ4v) is 2.90. The molecule has 1 fully saturated rings. The monoisotopic (exact) mass is 280 g/mol. The van der Waals surface area contributed by atoms with Crippen molar-refractivity contribution in [3.05, 3.63) is 11.4 Å². The highest BCUT2D eigenvalue weighted by atomic mass is 16.3. The number of anilines is 1. The van der Waals surface area contributed by atoms with Crippen molar-refractivity contribution in [3.63, 3.8) is 0 Å². The SMILES string of the molecule is Cc1nn(C)c(C)c1NC(=O)CN1CCC(C)C1CO. The Labute approximate surface area is 119 Å². The van der Waals surface area contributed by atoms with Crippen LogP contribution >= 0.6 is 0 Å². The normalized spacial score (nSPS) is 23.2. The second kappa shape index (κ2) is 5.93. The quantitative estimate of drug-likeness (QED) is 0.851. The average molecular weight is 280 g/mol. The highest BCUT2D eigenvalue weighted by Crippen LogP contribution is 2.23. The van der Waals surface area contributed by atoms with E-state index in [0.29, 0.717) is 12.5 Å². The molecule has 1 aromatic heterocycles. The highest BCUT2D eigenvalue weighted by Gasteiger charge is 2.31. The molecule has 0 spiro atoms. The first kappa shape index (κ1) is 15.0. The van der Waals surface area contributed by atoms with Crippen LogP contribution in [0, 0.1) is 19.8 Å². The van der Waals surface area contributed by atoms with E-state index in [1.807, 2.05) is 20.9 Å². The van der Waals surface area contributed by atoms with Crippen molar-refractivity contribution in [2.75, 3.05) is 25.0 Å². The summed E-state index contributed by atoms with van der Waals surface area (Å²) in [7, 11) is 1.86. The maximum absolute atomic E-state index is 12.2. The minimum absolute atomic E-state index is 0.0447. The molecule has 0 saturated carbocycles. The molecule has 1 saturated heterocycles. The first-order chi connectivity index (χ1) is 9.43. The van der Waals surface area contributed by atoms with E-state index in [1.54, 1.807) is 4.68 Å². The summed E-state index contributed by atoms with van der Waals surface area (Å²) < 4.78 is 1.76. The van der Waals surface area contributed by atoms with Crippen LogP contribution in [0.5, 0.6) is 0 Å². The summed E-state index contributed by atoms with van der Waals surface area (Å²) in [5.74, 6) is 0.395. The van der Waals surface area contributed by atoms with Crippen molar-refractivity contribution in [1.82, 2.24) is 14.7 Å².